The molecule has 0 amide bonds. The fourth-order valence-corrected chi connectivity index (χ4v) is 3.18. The zero-order chi connectivity index (χ0) is 20.4. The Bertz CT molecular complexity index is 1280. The second kappa shape index (κ2) is 7.61. The summed E-state index contributed by atoms with van der Waals surface area (Å²) in [4.78, 5) is 26.2. The third-order valence-corrected chi connectivity index (χ3v) is 4.87. The smallest absolute Gasteiger partial charge is 0.159 e. The summed E-state index contributed by atoms with van der Waals surface area (Å²) in [6.07, 6.45) is 0. The Morgan fingerprint density at radius 3 is 1.86 bits per heavy atom. The molecule has 1 heterocycles. The molecule has 0 aliphatic heterocycles. The molecule has 0 aliphatic rings. The van der Waals surface area contributed by atoms with E-state index in [1.165, 1.54) is 0 Å². The molecule has 29 heavy (non-hydrogen) atoms. The van der Waals surface area contributed by atoms with Crippen molar-refractivity contribution >= 4 is 22.5 Å². The largest absolute Gasteiger partial charge is 0.354 e. The van der Waals surface area contributed by atoms with Gasteiger partial charge in [-0.3, -0.25) is 9.59 Å². The van der Waals surface area contributed by atoms with Crippen LogP contribution in [0.15, 0.2) is 72.8 Å². The van der Waals surface area contributed by atoms with Gasteiger partial charge in [0, 0.05) is 38.9 Å². The number of rotatable bonds is 3. The van der Waals surface area contributed by atoms with E-state index in [1.807, 2.05) is 54.6 Å². The van der Waals surface area contributed by atoms with Gasteiger partial charge in [-0.25, -0.2) is 0 Å². The predicted octanol–water partition coefficient (Wildman–Crippen LogP) is 5.64. The number of hydrogen-bond donors (Lipinski definition) is 1. The minimum atomic E-state index is 0.0495. The molecule has 0 spiro atoms. The van der Waals surface area contributed by atoms with Crippen molar-refractivity contribution in [1.29, 1.82) is 0 Å². The number of nitrogens with one attached hydrogen (secondary N) is 1. The first-order valence-corrected chi connectivity index (χ1v) is 9.37. The number of Topliss-reactive ketones (excluding diaryl/α,β-unsaturated/α-hetero) is 2. The Kier molecular flexibility index (Phi) is 4.85. The topological polar surface area (TPSA) is 49.9 Å². The number of carbonyl (C=O) groups excluding carboxylic acids is 2. The molecule has 1 N–H and O–H groups in total. The molecule has 0 fully saturated rings. The zero-order valence-electron chi connectivity index (χ0n) is 16.2. The monoisotopic (exact) mass is 377 g/mol. The number of hydrogen-bond acceptors (Lipinski definition) is 2. The van der Waals surface area contributed by atoms with Crippen LogP contribution in [0.3, 0.4) is 0 Å². The molecule has 140 valence electrons. The van der Waals surface area contributed by atoms with Crippen molar-refractivity contribution in [2.75, 3.05) is 0 Å². The minimum Gasteiger partial charge on any atom is -0.354 e. The zero-order valence-corrected chi connectivity index (χ0v) is 16.2. The van der Waals surface area contributed by atoms with Crippen LogP contribution in [0.4, 0.5) is 0 Å². The van der Waals surface area contributed by atoms with E-state index in [9.17, 15) is 9.59 Å². The van der Waals surface area contributed by atoms with E-state index in [0.717, 1.165) is 33.3 Å². The van der Waals surface area contributed by atoms with E-state index in [4.69, 9.17) is 0 Å². The van der Waals surface area contributed by atoms with Crippen molar-refractivity contribution in [1.82, 2.24) is 4.98 Å². The molecule has 0 saturated heterocycles. The van der Waals surface area contributed by atoms with Gasteiger partial charge in [0.1, 0.15) is 0 Å². The number of fused-ring (bicyclic) bond motifs is 1. The molecule has 0 unspecified atom stereocenters. The van der Waals surface area contributed by atoms with Gasteiger partial charge >= 0.3 is 0 Å². The highest BCUT2D eigenvalue weighted by Crippen LogP contribution is 2.25. The van der Waals surface area contributed by atoms with E-state index in [-0.39, 0.29) is 11.6 Å². The Morgan fingerprint density at radius 2 is 1.24 bits per heavy atom. The lowest BCUT2D eigenvalue weighted by atomic mass is 10.1. The third kappa shape index (κ3) is 4.02. The van der Waals surface area contributed by atoms with Crippen LogP contribution in [-0.2, 0) is 0 Å². The highest BCUT2D eigenvalue weighted by Gasteiger charge is 2.05. The number of aromatic nitrogens is 1. The fourth-order valence-electron chi connectivity index (χ4n) is 3.18. The average molecular weight is 377 g/mol. The molecule has 0 atom stereocenters. The van der Waals surface area contributed by atoms with Crippen molar-refractivity contribution in [2.45, 2.75) is 13.8 Å². The van der Waals surface area contributed by atoms with Crippen LogP contribution in [0.5, 0.6) is 0 Å². The number of benzene rings is 3. The molecule has 4 rings (SSSR count). The van der Waals surface area contributed by atoms with Crippen LogP contribution in [0.2, 0.25) is 0 Å². The summed E-state index contributed by atoms with van der Waals surface area (Å²) in [5, 5.41) is 1.10. The first-order chi connectivity index (χ1) is 14.0. The van der Waals surface area contributed by atoms with Crippen LogP contribution in [0.1, 0.15) is 45.7 Å². The summed E-state index contributed by atoms with van der Waals surface area (Å²) in [6, 6.07) is 23.1. The van der Waals surface area contributed by atoms with Gasteiger partial charge in [-0.1, -0.05) is 54.3 Å². The van der Waals surface area contributed by atoms with E-state index < -0.39 is 0 Å². The second-order valence-electron chi connectivity index (χ2n) is 7.00. The first kappa shape index (κ1) is 18.5. The maximum atomic E-state index is 11.4. The summed E-state index contributed by atoms with van der Waals surface area (Å²) in [6.45, 7) is 3.12. The Hall–Kier alpha value is -3.90. The molecular formula is C26H19NO2. The lowest BCUT2D eigenvalue weighted by molar-refractivity contribution is 0.100. The minimum absolute atomic E-state index is 0.0495. The molecule has 3 heteroatoms. The Morgan fingerprint density at radius 1 is 0.690 bits per heavy atom. The quantitative estimate of drug-likeness (QED) is 0.371. The second-order valence-corrected chi connectivity index (χ2v) is 7.00. The van der Waals surface area contributed by atoms with Gasteiger partial charge in [0.2, 0.25) is 0 Å². The van der Waals surface area contributed by atoms with Gasteiger partial charge in [-0.15, -0.1) is 0 Å². The number of H-pyrrole nitrogens is 1. The normalized spacial score (nSPS) is 10.4. The lowest BCUT2D eigenvalue weighted by Crippen LogP contribution is -1.90. The molecular weight excluding hydrogens is 358 g/mol. The van der Waals surface area contributed by atoms with Crippen molar-refractivity contribution in [3.63, 3.8) is 0 Å². The number of ketones is 2. The molecule has 1 aromatic heterocycles. The summed E-state index contributed by atoms with van der Waals surface area (Å²) < 4.78 is 0. The molecule has 0 aliphatic carbocycles. The number of carbonyl (C=O) groups is 2. The molecule has 0 radical (unpaired) electrons. The van der Waals surface area contributed by atoms with E-state index in [2.05, 4.69) is 22.9 Å². The van der Waals surface area contributed by atoms with Crippen LogP contribution in [0, 0.1) is 11.8 Å². The van der Waals surface area contributed by atoms with Crippen molar-refractivity contribution in [3.8, 4) is 23.1 Å². The van der Waals surface area contributed by atoms with Crippen molar-refractivity contribution < 1.29 is 9.59 Å². The lowest BCUT2D eigenvalue weighted by Gasteiger charge is -1.99. The van der Waals surface area contributed by atoms with Gasteiger partial charge in [0.15, 0.2) is 11.6 Å². The first-order valence-electron chi connectivity index (χ1n) is 9.37. The van der Waals surface area contributed by atoms with Gasteiger partial charge in [0.05, 0.1) is 0 Å². The molecule has 0 saturated carbocycles. The molecule has 3 aromatic carbocycles. The van der Waals surface area contributed by atoms with Gasteiger partial charge in [-0.05, 0) is 49.7 Å². The summed E-state index contributed by atoms with van der Waals surface area (Å²) >= 11 is 0. The van der Waals surface area contributed by atoms with Crippen LogP contribution in [0.25, 0.3) is 22.2 Å². The van der Waals surface area contributed by atoms with Crippen LogP contribution >= 0.6 is 0 Å². The molecule has 4 aromatic rings. The fraction of sp³-hybridized carbons (Fsp3) is 0.0769. The molecule has 3 nitrogen and oxygen atoms in total. The van der Waals surface area contributed by atoms with E-state index in [1.54, 1.807) is 26.0 Å². The maximum Gasteiger partial charge on any atom is 0.159 e. The highest BCUT2D eigenvalue weighted by atomic mass is 16.1. The van der Waals surface area contributed by atoms with Crippen molar-refractivity contribution in [3.05, 3.63) is 95.1 Å². The third-order valence-electron chi connectivity index (χ3n) is 4.87. The van der Waals surface area contributed by atoms with Gasteiger partial charge in [0.25, 0.3) is 0 Å². The summed E-state index contributed by atoms with van der Waals surface area (Å²) in [5.74, 6) is 6.43. The number of aromatic amines is 1. The standard InChI is InChI=1S/C26H19NO2/c1-17(28)21-8-5-19(6-9-21)3-4-20-7-10-24-16-26(27-25(24)15-20)23-13-11-22(12-14-23)18(2)29/h5-16,27H,1-2H3. The van der Waals surface area contributed by atoms with E-state index >= 15 is 0 Å². The maximum absolute atomic E-state index is 11.4. The Balaban J connectivity index is 1.60. The predicted molar refractivity (Wildman–Crippen MR) is 116 cm³/mol. The highest BCUT2D eigenvalue weighted by molar-refractivity contribution is 5.95. The summed E-state index contributed by atoms with van der Waals surface area (Å²) in [5.41, 5.74) is 6.21. The van der Waals surface area contributed by atoms with Gasteiger partial charge in [-0.2, -0.15) is 0 Å². The SMILES string of the molecule is CC(=O)c1ccc(C#Cc2ccc3cc(-c4ccc(C(C)=O)cc4)[nH]c3c2)cc1. The van der Waals surface area contributed by atoms with Gasteiger partial charge < -0.3 is 4.98 Å². The Labute approximate surface area is 169 Å². The summed E-state index contributed by atoms with van der Waals surface area (Å²) in [7, 11) is 0. The average Bonchev–Trinajstić information content (AvgIpc) is 3.16. The van der Waals surface area contributed by atoms with Crippen molar-refractivity contribution in [2.24, 2.45) is 0 Å². The molecule has 0 bridgehead atoms. The van der Waals surface area contributed by atoms with Crippen LogP contribution in [-0.4, -0.2) is 16.6 Å². The van der Waals surface area contributed by atoms with E-state index in [0.29, 0.717) is 11.1 Å². The van der Waals surface area contributed by atoms with Crippen LogP contribution < -0.4 is 0 Å².